The lowest BCUT2D eigenvalue weighted by Gasteiger charge is -2.47. The van der Waals surface area contributed by atoms with Crippen LogP contribution in [0.5, 0.6) is 0 Å². The fourth-order valence-electron chi connectivity index (χ4n) is 8.26. The first-order valence-corrected chi connectivity index (χ1v) is 21.9. The van der Waals surface area contributed by atoms with Gasteiger partial charge in [0, 0.05) is 64.5 Å². The Balaban J connectivity index is 1.03. The lowest BCUT2D eigenvalue weighted by molar-refractivity contribution is 0.0530. The Hall–Kier alpha value is -3.84. The first kappa shape index (κ1) is 38.4. The number of fused-ring (bicyclic) bond motifs is 2. The van der Waals surface area contributed by atoms with E-state index in [2.05, 4.69) is 116 Å². The van der Waals surface area contributed by atoms with Gasteiger partial charge in [-0.2, -0.15) is 0 Å². The fourth-order valence-corrected chi connectivity index (χ4v) is 14.2. The van der Waals surface area contributed by atoms with Crippen molar-refractivity contribution in [1.82, 2.24) is 25.5 Å². The zero-order valence-corrected chi connectivity index (χ0v) is 34.2. The SMILES string of the molecule is CC(C)(CO[Si](c1ccccc1)(c1ccccc1)C(C)(C)C)N1CCc2nc(C(=O)N[C@@H]3CC(CO)C[C@H]3NC(=O)c3cc4cc(Cl)ccc4[nH]3)sc2C1. The Morgan fingerprint density at radius 1 is 0.944 bits per heavy atom. The molecule has 1 unspecified atom stereocenters. The first-order valence-electron chi connectivity index (χ1n) is 18.8. The van der Waals surface area contributed by atoms with E-state index in [4.69, 9.17) is 21.0 Å². The maximum absolute atomic E-state index is 13.7. The third-order valence-corrected chi connectivity index (χ3v) is 17.5. The maximum Gasteiger partial charge on any atom is 0.280 e. The van der Waals surface area contributed by atoms with Gasteiger partial charge in [0.1, 0.15) is 5.69 Å². The second-order valence-electron chi connectivity index (χ2n) is 16.4. The molecule has 3 atom stereocenters. The predicted octanol–water partition coefficient (Wildman–Crippen LogP) is 6.29. The molecule has 3 heterocycles. The van der Waals surface area contributed by atoms with Crippen LogP contribution < -0.4 is 21.0 Å². The van der Waals surface area contributed by atoms with Gasteiger partial charge >= 0.3 is 0 Å². The Morgan fingerprint density at radius 2 is 1.57 bits per heavy atom. The van der Waals surface area contributed by atoms with E-state index in [1.807, 2.05) is 12.1 Å². The Bertz CT molecular complexity index is 2080. The van der Waals surface area contributed by atoms with E-state index in [-0.39, 0.29) is 47.0 Å². The molecule has 2 amide bonds. The highest BCUT2D eigenvalue weighted by atomic mass is 35.5. The molecule has 9 nitrogen and oxygen atoms in total. The van der Waals surface area contributed by atoms with Crippen LogP contribution in [0.2, 0.25) is 10.1 Å². The number of benzene rings is 3. The molecule has 0 saturated heterocycles. The number of hydrogen-bond donors (Lipinski definition) is 4. The molecule has 4 N–H and O–H groups in total. The number of carbonyl (C=O) groups excluding carboxylic acids is 2. The zero-order valence-electron chi connectivity index (χ0n) is 31.6. The van der Waals surface area contributed by atoms with E-state index in [0.717, 1.165) is 34.4 Å². The van der Waals surface area contributed by atoms with Gasteiger partial charge in [-0.15, -0.1) is 11.3 Å². The van der Waals surface area contributed by atoms with E-state index in [1.165, 1.54) is 21.7 Å². The average molecular weight is 784 g/mol. The van der Waals surface area contributed by atoms with Crippen LogP contribution in [0.3, 0.4) is 0 Å². The summed E-state index contributed by atoms with van der Waals surface area (Å²) in [5.41, 5.74) is 1.91. The van der Waals surface area contributed by atoms with Crippen molar-refractivity contribution in [2.75, 3.05) is 19.8 Å². The van der Waals surface area contributed by atoms with Crippen LogP contribution in [0.25, 0.3) is 10.9 Å². The minimum absolute atomic E-state index is 0.0133. The molecule has 2 aliphatic rings. The van der Waals surface area contributed by atoms with Crippen molar-refractivity contribution in [2.24, 2.45) is 5.92 Å². The molecule has 54 heavy (non-hydrogen) atoms. The van der Waals surface area contributed by atoms with Gasteiger partial charge in [-0.1, -0.05) is 93.0 Å². The number of aliphatic hydroxyl groups excluding tert-OH is 1. The molecule has 3 aromatic carbocycles. The van der Waals surface area contributed by atoms with Crippen molar-refractivity contribution in [1.29, 1.82) is 0 Å². The van der Waals surface area contributed by atoms with Gasteiger partial charge in [-0.3, -0.25) is 14.5 Å². The van der Waals surface area contributed by atoms with Crippen molar-refractivity contribution in [3.05, 3.63) is 111 Å². The minimum atomic E-state index is -2.71. The van der Waals surface area contributed by atoms with Crippen LogP contribution >= 0.6 is 22.9 Å². The van der Waals surface area contributed by atoms with Crippen molar-refractivity contribution in [3.8, 4) is 0 Å². The number of aliphatic hydroxyl groups is 1. The van der Waals surface area contributed by atoms with Gasteiger partial charge in [-0.25, -0.2) is 4.98 Å². The minimum Gasteiger partial charge on any atom is -0.406 e. The number of nitrogens with one attached hydrogen (secondary N) is 3. The topological polar surface area (TPSA) is 120 Å². The number of nitrogens with zero attached hydrogens (tertiary/aromatic N) is 2. The summed E-state index contributed by atoms with van der Waals surface area (Å²) < 4.78 is 7.36. The molecule has 1 saturated carbocycles. The number of halogens is 1. The normalized spacial score (nSPS) is 19.5. The van der Waals surface area contributed by atoms with E-state index in [9.17, 15) is 14.7 Å². The third-order valence-electron chi connectivity index (χ3n) is 11.2. The molecule has 12 heteroatoms. The first-order chi connectivity index (χ1) is 25.8. The van der Waals surface area contributed by atoms with Gasteiger partial charge in [0.25, 0.3) is 20.1 Å². The van der Waals surface area contributed by atoms with Crippen molar-refractivity contribution < 1.29 is 19.1 Å². The number of carbonyl (C=O) groups is 2. The summed E-state index contributed by atoms with van der Waals surface area (Å²) in [4.78, 5) is 38.6. The van der Waals surface area contributed by atoms with Crippen LogP contribution in [0.1, 0.15) is 78.3 Å². The maximum atomic E-state index is 13.7. The monoisotopic (exact) mass is 783 g/mol. The lowest BCUT2D eigenvalue weighted by Crippen LogP contribution is -2.68. The van der Waals surface area contributed by atoms with E-state index >= 15 is 0 Å². The Labute approximate surface area is 327 Å². The number of amides is 2. The quantitative estimate of drug-likeness (QED) is 0.117. The molecule has 0 spiro atoms. The van der Waals surface area contributed by atoms with Gasteiger partial charge in [0.05, 0.1) is 12.3 Å². The largest absolute Gasteiger partial charge is 0.406 e. The van der Waals surface area contributed by atoms with Crippen LogP contribution in [0, 0.1) is 5.92 Å². The number of rotatable bonds is 11. The Kier molecular flexibility index (Phi) is 10.9. The number of aromatic amines is 1. The summed E-state index contributed by atoms with van der Waals surface area (Å²) in [6.45, 7) is 13.4. The number of thiazole rings is 1. The second-order valence-corrected chi connectivity index (χ2v) is 22.2. The van der Waals surface area contributed by atoms with Gasteiger partial charge in [0.2, 0.25) is 0 Å². The number of aromatic nitrogens is 2. The van der Waals surface area contributed by atoms with Crippen molar-refractivity contribution in [3.63, 3.8) is 0 Å². The standard InChI is InChI=1S/C42H50ClN5O4SSi/c1-41(2,3)54(30-12-8-6-9-13-30,31-14-10-7-11-15-31)52-26-42(4,5)48-19-18-33-37(24-48)53-40(47-33)39(51)46-35-21-27(25-49)20-34(35)45-38(50)36-23-28-22-29(43)16-17-32(28)44-36/h6-17,22-23,27,34-35,44,49H,18-21,24-26H2,1-5H3,(H,45,50)(H,46,51)/t27?,34-,35-/m1/s1. The van der Waals surface area contributed by atoms with E-state index in [0.29, 0.717) is 41.7 Å². The number of hydrogen-bond acceptors (Lipinski definition) is 7. The summed E-state index contributed by atoms with van der Waals surface area (Å²) in [7, 11) is -2.71. The molecule has 284 valence electrons. The Morgan fingerprint density at radius 3 is 2.19 bits per heavy atom. The second kappa shape index (κ2) is 15.4. The molecular weight excluding hydrogens is 734 g/mol. The molecule has 2 aromatic heterocycles. The summed E-state index contributed by atoms with van der Waals surface area (Å²) in [6, 6.07) is 28.0. The summed E-state index contributed by atoms with van der Waals surface area (Å²) in [5, 5.41) is 20.5. The number of H-pyrrole nitrogens is 1. The van der Waals surface area contributed by atoms with Crippen molar-refractivity contribution in [2.45, 2.75) is 83.1 Å². The molecule has 0 radical (unpaired) electrons. The smallest absolute Gasteiger partial charge is 0.280 e. The summed E-state index contributed by atoms with van der Waals surface area (Å²) >= 11 is 7.59. The van der Waals surface area contributed by atoms with Gasteiger partial charge in [-0.05, 0) is 72.3 Å². The molecule has 5 aromatic rings. The highest BCUT2D eigenvalue weighted by Gasteiger charge is 2.51. The lowest BCUT2D eigenvalue weighted by atomic mass is 10.0. The predicted molar refractivity (Wildman–Crippen MR) is 220 cm³/mol. The van der Waals surface area contributed by atoms with Crippen LogP contribution in [0.4, 0.5) is 0 Å². The fraction of sp³-hybridized carbons (Fsp3) is 0.405. The van der Waals surface area contributed by atoms with Crippen LogP contribution in [-0.4, -0.2) is 77.5 Å². The van der Waals surface area contributed by atoms with Crippen LogP contribution in [-0.2, 0) is 17.4 Å². The molecule has 1 aliphatic heterocycles. The highest BCUT2D eigenvalue weighted by Crippen LogP contribution is 2.38. The summed E-state index contributed by atoms with van der Waals surface area (Å²) in [5.74, 6) is -0.552. The molecule has 0 bridgehead atoms. The van der Waals surface area contributed by atoms with Crippen molar-refractivity contribution >= 4 is 64.3 Å². The molecule has 1 fully saturated rings. The molecule has 1 aliphatic carbocycles. The van der Waals surface area contributed by atoms with Gasteiger partial charge < -0.3 is 25.2 Å². The van der Waals surface area contributed by atoms with Crippen LogP contribution in [0.15, 0.2) is 84.9 Å². The molecular formula is C42H50ClN5O4SSi. The highest BCUT2D eigenvalue weighted by molar-refractivity contribution is 7.13. The zero-order chi connectivity index (χ0) is 38.3. The third kappa shape index (κ3) is 7.67. The van der Waals surface area contributed by atoms with Gasteiger partial charge in [0.15, 0.2) is 5.01 Å². The van der Waals surface area contributed by atoms with E-state index < -0.39 is 8.32 Å². The van der Waals surface area contributed by atoms with E-state index in [1.54, 1.807) is 12.1 Å². The molecule has 7 rings (SSSR count). The average Bonchev–Trinajstić information content (AvgIpc) is 3.88. The summed E-state index contributed by atoms with van der Waals surface area (Å²) in [6.07, 6.45) is 1.87.